The number of hydrogen-bond acceptors (Lipinski definition) is 7. The molecule has 0 saturated carbocycles. The number of unbranched alkanes of at least 4 members (excludes halogenated alkanes) is 5. The number of methoxy groups -OCH3 is 1. The van der Waals surface area contributed by atoms with Gasteiger partial charge < -0.3 is 9.47 Å². The van der Waals surface area contributed by atoms with Gasteiger partial charge in [-0.2, -0.15) is 4.99 Å². The van der Waals surface area contributed by atoms with E-state index in [1.54, 1.807) is 18.2 Å². The van der Waals surface area contributed by atoms with Crippen LogP contribution in [0.15, 0.2) is 70.0 Å². The fraction of sp³-hybridized carbons (Fsp3) is 0.321. The first-order valence-electron chi connectivity index (χ1n) is 12.3. The van der Waals surface area contributed by atoms with Crippen LogP contribution in [0.2, 0.25) is 0 Å². The normalized spacial score (nSPS) is 15.7. The van der Waals surface area contributed by atoms with Crippen molar-refractivity contribution in [2.75, 3.05) is 18.6 Å². The van der Waals surface area contributed by atoms with E-state index in [9.17, 15) is 4.79 Å². The fourth-order valence-corrected chi connectivity index (χ4v) is 5.36. The summed E-state index contributed by atoms with van der Waals surface area (Å²) < 4.78 is 11.6. The number of para-hydroxylation sites is 1. The largest absolute Gasteiger partial charge is 0.493 e. The minimum Gasteiger partial charge on any atom is -0.493 e. The molecule has 4 rings (SSSR count). The number of amidine groups is 1. The summed E-state index contributed by atoms with van der Waals surface area (Å²) >= 11 is 2.77. The van der Waals surface area contributed by atoms with Crippen LogP contribution < -0.4 is 14.4 Å². The molecule has 3 aromatic rings. The number of rotatable bonds is 12. The van der Waals surface area contributed by atoms with Crippen LogP contribution in [0.1, 0.15) is 51.0 Å². The lowest BCUT2D eigenvalue weighted by atomic mass is 10.1. The van der Waals surface area contributed by atoms with Gasteiger partial charge in [-0.15, -0.1) is 11.3 Å². The first-order valence-corrected chi connectivity index (χ1v) is 14.0. The molecule has 36 heavy (non-hydrogen) atoms. The molecule has 2 aromatic carbocycles. The Bertz CT molecular complexity index is 1190. The van der Waals surface area contributed by atoms with E-state index in [0.29, 0.717) is 27.6 Å². The van der Waals surface area contributed by atoms with Crippen molar-refractivity contribution in [3.05, 3.63) is 70.6 Å². The number of thioether (sulfide) groups is 1. The third-order valence-electron chi connectivity index (χ3n) is 5.67. The van der Waals surface area contributed by atoms with Gasteiger partial charge in [-0.3, -0.25) is 9.69 Å². The molecule has 8 heteroatoms. The van der Waals surface area contributed by atoms with Crippen LogP contribution in [0.3, 0.4) is 0 Å². The molecule has 188 valence electrons. The maximum Gasteiger partial charge on any atom is 0.271 e. The van der Waals surface area contributed by atoms with Crippen LogP contribution in [-0.4, -0.2) is 29.8 Å². The molecule has 0 N–H and O–H groups in total. The number of benzene rings is 2. The number of anilines is 1. The Morgan fingerprint density at radius 1 is 1.03 bits per heavy atom. The summed E-state index contributed by atoms with van der Waals surface area (Å²) in [4.78, 5) is 24.5. The van der Waals surface area contributed by atoms with Gasteiger partial charge in [0, 0.05) is 11.6 Å². The Kier molecular flexibility index (Phi) is 9.58. The van der Waals surface area contributed by atoms with Crippen LogP contribution in [0.5, 0.6) is 11.5 Å². The van der Waals surface area contributed by atoms with Crippen molar-refractivity contribution in [1.82, 2.24) is 4.98 Å². The molecule has 2 heterocycles. The molecule has 6 nitrogen and oxygen atoms in total. The van der Waals surface area contributed by atoms with Crippen LogP contribution in [0.25, 0.3) is 6.08 Å². The van der Waals surface area contributed by atoms with Crippen molar-refractivity contribution in [1.29, 1.82) is 0 Å². The van der Waals surface area contributed by atoms with Gasteiger partial charge in [-0.25, -0.2) is 4.98 Å². The maximum atomic E-state index is 13.4. The third kappa shape index (κ3) is 6.77. The van der Waals surface area contributed by atoms with Crippen molar-refractivity contribution in [3.63, 3.8) is 0 Å². The molecule has 0 unspecified atom stereocenters. The number of amides is 1. The number of thiazole rings is 1. The first-order chi connectivity index (χ1) is 17.7. The van der Waals surface area contributed by atoms with E-state index < -0.39 is 0 Å². The smallest absolute Gasteiger partial charge is 0.271 e. The number of carbonyl (C=O) groups excluding carboxylic acids is 1. The number of aliphatic imine (C=N–C) groups is 1. The van der Waals surface area contributed by atoms with E-state index in [1.807, 2.05) is 60.0 Å². The average molecular weight is 522 g/mol. The lowest BCUT2D eigenvalue weighted by Crippen LogP contribution is -2.28. The highest BCUT2D eigenvalue weighted by atomic mass is 32.2. The zero-order valence-electron chi connectivity index (χ0n) is 20.7. The van der Waals surface area contributed by atoms with Crippen molar-refractivity contribution in [3.8, 4) is 11.5 Å². The molecular weight excluding hydrogens is 490 g/mol. The first kappa shape index (κ1) is 26.0. The predicted molar refractivity (Wildman–Crippen MR) is 151 cm³/mol. The summed E-state index contributed by atoms with van der Waals surface area (Å²) in [5, 5.41) is 3.06. The van der Waals surface area contributed by atoms with Gasteiger partial charge in [0.15, 0.2) is 16.7 Å². The summed E-state index contributed by atoms with van der Waals surface area (Å²) in [5.41, 5.74) is 1.63. The Morgan fingerprint density at radius 3 is 2.58 bits per heavy atom. The van der Waals surface area contributed by atoms with E-state index in [2.05, 4.69) is 16.9 Å². The van der Waals surface area contributed by atoms with Gasteiger partial charge in [-0.05, 0) is 54.1 Å². The molecule has 1 aliphatic rings. The summed E-state index contributed by atoms with van der Waals surface area (Å²) in [7, 11) is 1.63. The van der Waals surface area contributed by atoms with E-state index >= 15 is 0 Å². The Labute approximate surface area is 221 Å². The van der Waals surface area contributed by atoms with Crippen LogP contribution in [0.4, 0.5) is 10.8 Å². The fourth-order valence-electron chi connectivity index (χ4n) is 3.82. The molecule has 1 amide bonds. The zero-order valence-corrected chi connectivity index (χ0v) is 22.3. The Balaban J connectivity index is 1.49. The Hall–Kier alpha value is -3.10. The number of nitrogens with zero attached hydrogens (tertiary/aromatic N) is 3. The molecule has 1 fully saturated rings. The summed E-state index contributed by atoms with van der Waals surface area (Å²) in [6.45, 7) is 2.89. The topological polar surface area (TPSA) is 64.0 Å². The minimum atomic E-state index is -0.121. The second kappa shape index (κ2) is 13.3. The predicted octanol–water partition coefficient (Wildman–Crippen LogP) is 7.70. The van der Waals surface area contributed by atoms with Crippen molar-refractivity contribution < 1.29 is 14.3 Å². The summed E-state index contributed by atoms with van der Waals surface area (Å²) in [6, 6.07) is 15.3. The molecule has 1 aromatic heterocycles. The maximum absolute atomic E-state index is 13.4. The summed E-state index contributed by atoms with van der Waals surface area (Å²) in [5.74, 6) is 1.25. The number of hydrogen-bond donors (Lipinski definition) is 0. The second-order valence-corrected chi connectivity index (χ2v) is 10.2. The van der Waals surface area contributed by atoms with Crippen LogP contribution >= 0.6 is 23.1 Å². The van der Waals surface area contributed by atoms with E-state index in [0.717, 1.165) is 23.4 Å². The van der Waals surface area contributed by atoms with Gasteiger partial charge in [0.25, 0.3) is 5.91 Å². The number of carbonyl (C=O) groups is 1. The number of aromatic nitrogens is 1. The minimum absolute atomic E-state index is 0.121. The van der Waals surface area contributed by atoms with Gasteiger partial charge in [0.2, 0.25) is 5.13 Å². The van der Waals surface area contributed by atoms with Crippen LogP contribution in [0, 0.1) is 0 Å². The van der Waals surface area contributed by atoms with Crippen molar-refractivity contribution in [2.24, 2.45) is 4.99 Å². The standard InChI is InChI=1S/C28H31N3O3S2/c1-3-4-5-6-7-11-17-34-23-15-14-21(19-24(23)33-2)20-25-26(32)31(22-12-9-8-10-13-22)28(36-25)30-27-29-16-18-35-27/h8-10,12-16,18-20H,3-7,11,17H2,1-2H3/b25-20-,30-28+. The van der Waals surface area contributed by atoms with E-state index in [-0.39, 0.29) is 5.91 Å². The quantitative estimate of drug-likeness (QED) is 0.180. The molecule has 0 aliphatic carbocycles. The molecule has 0 atom stereocenters. The number of ether oxygens (including phenoxy) is 2. The van der Waals surface area contributed by atoms with Gasteiger partial charge >= 0.3 is 0 Å². The second-order valence-electron chi connectivity index (χ2n) is 8.32. The molecule has 0 bridgehead atoms. The monoisotopic (exact) mass is 521 g/mol. The summed E-state index contributed by atoms with van der Waals surface area (Å²) in [6.07, 6.45) is 10.9. The Morgan fingerprint density at radius 2 is 1.83 bits per heavy atom. The van der Waals surface area contributed by atoms with Crippen LogP contribution in [-0.2, 0) is 4.79 Å². The molecular formula is C28H31N3O3S2. The highest BCUT2D eigenvalue weighted by molar-refractivity contribution is 8.19. The molecule has 0 radical (unpaired) electrons. The lowest BCUT2D eigenvalue weighted by Gasteiger charge is -2.15. The highest BCUT2D eigenvalue weighted by Crippen LogP contribution is 2.38. The lowest BCUT2D eigenvalue weighted by molar-refractivity contribution is -0.113. The SMILES string of the molecule is CCCCCCCCOc1ccc(/C=C2\S/C(=N/c3nccs3)N(c3ccccc3)C2=O)cc1OC. The van der Waals surface area contributed by atoms with Gasteiger partial charge in [0.05, 0.1) is 24.3 Å². The van der Waals surface area contributed by atoms with Gasteiger partial charge in [-0.1, -0.05) is 63.3 Å². The van der Waals surface area contributed by atoms with Gasteiger partial charge in [0.1, 0.15) is 0 Å². The van der Waals surface area contributed by atoms with Crippen molar-refractivity contribution in [2.45, 2.75) is 45.4 Å². The van der Waals surface area contributed by atoms with Crippen molar-refractivity contribution >= 4 is 51.1 Å². The highest BCUT2D eigenvalue weighted by Gasteiger charge is 2.35. The third-order valence-corrected chi connectivity index (χ3v) is 7.31. The van der Waals surface area contributed by atoms with E-state index in [1.165, 1.54) is 55.2 Å². The zero-order chi connectivity index (χ0) is 25.2. The average Bonchev–Trinajstić information content (AvgIpc) is 3.52. The molecule has 0 spiro atoms. The molecule has 1 saturated heterocycles. The van der Waals surface area contributed by atoms with E-state index in [4.69, 9.17) is 9.47 Å². The molecule has 1 aliphatic heterocycles.